The van der Waals surface area contributed by atoms with Gasteiger partial charge in [-0.15, -0.1) is 0 Å². The predicted molar refractivity (Wildman–Crippen MR) is 94.5 cm³/mol. The molecule has 0 aliphatic heterocycles. The molecule has 3 atom stereocenters. The first-order chi connectivity index (χ1) is 11.4. The standard InChI is InChI=1S/C18H20Cl2O4/c19-13-5-1-11(2-6-13)15(12-3-7-14(20)8-4-12)9-16(22)18(24)17(23)10-21/h1-8,15-18,21-24H,9-10H2. The highest BCUT2D eigenvalue weighted by molar-refractivity contribution is 6.30. The van der Waals surface area contributed by atoms with Crippen LogP contribution in [0.5, 0.6) is 0 Å². The van der Waals surface area contributed by atoms with Crippen molar-refractivity contribution in [2.24, 2.45) is 0 Å². The molecule has 24 heavy (non-hydrogen) atoms. The molecule has 0 radical (unpaired) electrons. The summed E-state index contributed by atoms with van der Waals surface area (Å²) in [5.74, 6) is -0.227. The lowest BCUT2D eigenvalue weighted by molar-refractivity contribution is -0.0791. The van der Waals surface area contributed by atoms with Crippen LogP contribution >= 0.6 is 23.2 Å². The molecule has 0 fully saturated rings. The van der Waals surface area contributed by atoms with E-state index in [1.165, 1.54) is 0 Å². The van der Waals surface area contributed by atoms with Crippen molar-refractivity contribution >= 4 is 23.2 Å². The van der Waals surface area contributed by atoms with Crippen molar-refractivity contribution in [3.8, 4) is 0 Å². The summed E-state index contributed by atoms with van der Waals surface area (Å²) in [6.45, 7) is -0.620. The van der Waals surface area contributed by atoms with Crippen molar-refractivity contribution in [3.05, 3.63) is 69.7 Å². The zero-order valence-corrected chi connectivity index (χ0v) is 14.4. The van der Waals surface area contributed by atoms with Crippen LogP contribution in [0.3, 0.4) is 0 Å². The minimum absolute atomic E-state index is 0.168. The third kappa shape index (κ3) is 4.93. The fraction of sp³-hybridized carbons (Fsp3) is 0.333. The van der Waals surface area contributed by atoms with E-state index in [4.69, 9.17) is 28.3 Å². The SMILES string of the molecule is OCC(O)C(O)C(O)CC(c1ccc(Cl)cc1)c1ccc(Cl)cc1. The molecular weight excluding hydrogens is 351 g/mol. The molecule has 2 aromatic carbocycles. The van der Waals surface area contributed by atoms with Crippen LogP contribution in [0.25, 0.3) is 0 Å². The number of aliphatic hydroxyl groups excluding tert-OH is 4. The number of hydrogen-bond acceptors (Lipinski definition) is 4. The van der Waals surface area contributed by atoms with Crippen molar-refractivity contribution in [1.29, 1.82) is 0 Å². The summed E-state index contributed by atoms with van der Waals surface area (Å²) in [6, 6.07) is 14.4. The third-order valence-electron chi connectivity index (χ3n) is 4.00. The van der Waals surface area contributed by atoms with Crippen LogP contribution < -0.4 is 0 Å². The summed E-state index contributed by atoms with van der Waals surface area (Å²) in [5, 5.41) is 39.8. The van der Waals surface area contributed by atoms with Crippen molar-refractivity contribution in [2.45, 2.75) is 30.7 Å². The summed E-state index contributed by atoms with van der Waals surface area (Å²) in [5.41, 5.74) is 1.82. The van der Waals surface area contributed by atoms with Gasteiger partial charge in [-0.2, -0.15) is 0 Å². The summed E-state index contributed by atoms with van der Waals surface area (Å²) >= 11 is 11.9. The molecule has 0 saturated carbocycles. The molecule has 0 heterocycles. The minimum atomic E-state index is -1.43. The summed E-state index contributed by atoms with van der Waals surface area (Å²) in [6.07, 6.45) is -3.86. The Bertz CT molecular complexity index is 585. The van der Waals surface area contributed by atoms with Crippen LogP contribution in [0, 0.1) is 0 Å². The Morgan fingerprint density at radius 1 is 0.708 bits per heavy atom. The Balaban J connectivity index is 2.29. The topological polar surface area (TPSA) is 80.9 Å². The van der Waals surface area contributed by atoms with Gasteiger partial charge in [-0.25, -0.2) is 0 Å². The first-order valence-corrected chi connectivity index (χ1v) is 8.34. The number of rotatable bonds is 7. The van der Waals surface area contributed by atoms with Gasteiger partial charge in [0.1, 0.15) is 12.2 Å². The minimum Gasteiger partial charge on any atom is -0.394 e. The van der Waals surface area contributed by atoms with E-state index in [1.54, 1.807) is 24.3 Å². The molecule has 2 aromatic rings. The van der Waals surface area contributed by atoms with E-state index in [9.17, 15) is 15.3 Å². The highest BCUT2D eigenvalue weighted by Gasteiger charge is 2.28. The monoisotopic (exact) mass is 370 g/mol. The number of hydrogen-bond donors (Lipinski definition) is 4. The second kappa shape index (κ2) is 8.81. The number of halogens is 2. The van der Waals surface area contributed by atoms with Gasteiger partial charge in [0, 0.05) is 16.0 Å². The molecule has 4 nitrogen and oxygen atoms in total. The van der Waals surface area contributed by atoms with E-state index in [1.807, 2.05) is 24.3 Å². The molecule has 0 aliphatic carbocycles. The molecule has 0 spiro atoms. The lowest BCUT2D eigenvalue weighted by atomic mass is 9.85. The molecule has 0 saturated heterocycles. The van der Waals surface area contributed by atoms with E-state index < -0.39 is 24.9 Å². The first-order valence-electron chi connectivity index (χ1n) is 7.58. The molecule has 0 amide bonds. The fourth-order valence-corrected chi connectivity index (χ4v) is 2.85. The quantitative estimate of drug-likeness (QED) is 0.603. The van der Waals surface area contributed by atoms with E-state index in [-0.39, 0.29) is 12.3 Å². The Kier molecular flexibility index (Phi) is 7.04. The Morgan fingerprint density at radius 2 is 1.12 bits per heavy atom. The smallest absolute Gasteiger partial charge is 0.108 e. The average Bonchev–Trinajstić information content (AvgIpc) is 2.60. The van der Waals surface area contributed by atoms with E-state index in [2.05, 4.69) is 0 Å². The Morgan fingerprint density at radius 3 is 1.50 bits per heavy atom. The highest BCUT2D eigenvalue weighted by atomic mass is 35.5. The maximum absolute atomic E-state index is 10.2. The van der Waals surface area contributed by atoms with Crippen LogP contribution in [0.15, 0.2) is 48.5 Å². The van der Waals surface area contributed by atoms with E-state index in [0.717, 1.165) is 11.1 Å². The molecule has 6 heteroatoms. The molecule has 0 aromatic heterocycles. The van der Waals surface area contributed by atoms with Crippen LogP contribution in [0.2, 0.25) is 10.0 Å². The zero-order chi connectivity index (χ0) is 17.7. The fourth-order valence-electron chi connectivity index (χ4n) is 2.60. The highest BCUT2D eigenvalue weighted by Crippen LogP contribution is 2.31. The van der Waals surface area contributed by atoms with Gasteiger partial charge in [0.2, 0.25) is 0 Å². The van der Waals surface area contributed by atoms with E-state index >= 15 is 0 Å². The molecule has 2 rings (SSSR count). The molecule has 0 bridgehead atoms. The Hall–Kier alpha value is -1.14. The molecule has 3 unspecified atom stereocenters. The van der Waals surface area contributed by atoms with Gasteiger partial charge in [-0.05, 0) is 41.8 Å². The molecule has 130 valence electrons. The molecular formula is C18H20Cl2O4. The summed E-state index contributed by atoms with van der Waals surface area (Å²) < 4.78 is 0. The van der Waals surface area contributed by atoms with Crippen molar-refractivity contribution in [1.82, 2.24) is 0 Å². The Labute approximate surface area is 150 Å². The van der Waals surface area contributed by atoms with Gasteiger partial charge in [0.05, 0.1) is 12.7 Å². The molecule has 4 N–H and O–H groups in total. The predicted octanol–water partition coefficient (Wildman–Crippen LogP) is 2.59. The van der Waals surface area contributed by atoms with E-state index in [0.29, 0.717) is 10.0 Å². The van der Waals surface area contributed by atoms with Crippen LogP contribution in [0.1, 0.15) is 23.5 Å². The second-order valence-electron chi connectivity index (χ2n) is 5.70. The number of benzene rings is 2. The largest absolute Gasteiger partial charge is 0.394 e. The van der Waals surface area contributed by atoms with Crippen LogP contribution in [0.4, 0.5) is 0 Å². The lowest BCUT2D eigenvalue weighted by Crippen LogP contribution is -2.40. The van der Waals surface area contributed by atoms with Gasteiger partial charge >= 0.3 is 0 Å². The van der Waals surface area contributed by atoms with Gasteiger partial charge < -0.3 is 20.4 Å². The average molecular weight is 371 g/mol. The van der Waals surface area contributed by atoms with Gasteiger partial charge in [0.15, 0.2) is 0 Å². The van der Waals surface area contributed by atoms with Crippen LogP contribution in [-0.4, -0.2) is 45.3 Å². The molecule has 0 aliphatic rings. The van der Waals surface area contributed by atoms with Crippen molar-refractivity contribution < 1.29 is 20.4 Å². The van der Waals surface area contributed by atoms with Gasteiger partial charge in [-0.1, -0.05) is 47.5 Å². The summed E-state index contributed by atoms with van der Waals surface area (Å²) in [7, 11) is 0. The van der Waals surface area contributed by atoms with Crippen LogP contribution in [-0.2, 0) is 0 Å². The maximum Gasteiger partial charge on any atom is 0.108 e. The maximum atomic E-state index is 10.2. The second-order valence-corrected chi connectivity index (χ2v) is 6.57. The first kappa shape index (κ1) is 19.2. The number of aliphatic hydroxyl groups is 4. The summed E-state index contributed by atoms with van der Waals surface area (Å²) in [4.78, 5) is 0. The van der Waals surface area contributed by atoms with Gasteiger partial charge in [-0.3, -0.25) is 0 Å². The lowest BCUT2D eigenvalue weighted by Gasteiger charge is -2.26. The normalized spacial score (nSPS) is 15.3. The zero-order valence-electron chi connectivity index (χ0n) is 12.9. The van der Waals surface area contributed by atoms with Gasteiger partial charge in [0.25, 0.3) is 0 Å². The van der Waals surface area contributed by atoms with Crippen molar-refractivity contribution in [3.63, 3.8) is 0 Å². The third-order valence-corrected chi connectivity index (χ3v) is 4.50. The van der Waals surface area contributed by atoms with Crippen molar-refractivity contribution in [2.75, 3.05) is 6.61 Å².